The summed E-state index contributed by atoms with van der Waals surface area (Å²) in [5.74, 6) is 0.0233. The molecule has 136 valence electrons. The van der Waals surface area contributed by atoms with Crippen molar-refractivity contribution in [3.63, 3.8) is 0 Å². The molecule has 9 heteroatoms. The summed E-state index contributed by atoms with van der Waals surface area (Å²) in [6.45, 7) is 4.16. The first-order chi connectivity index (χ1) is 13.1. The van der Waals surface area contributed by atoms with Gasteiger partial charge in [-0.05, 0) is 25.1 Å². The van der Waals surface area contributed by atoms with Crippen LogP contribution in [0.2, 0.25) is 0 Å². The first-order valence-electron chi connectivity index (χ1n) is 8.70. The third kappa shape index (κ3) is 2.42. The van der Waals surface area contributed by atoms with Gasteiger partial charge in [0.2, 0.25) is 5.89 Å². The molecule has 0 radical (unpaired) electrons. The molecule has 4 aromatic rings. The van der Waals surface area contributed by atoms with Gasteiger partial charge in [0.15, 0.2) is 0 Å². The summed E-state index contributed by atoms with van der Waals surface area (Å²) in [4.78, 5) is 22.4. The van der Waals surface area contributed by atoms with Crippen LogP contribution in [0.15, 0.2) is 35.0 Å². The van der Waals surface area contributed by atoms with E-state index in [4.69, 9.17) is 9.52 Å². The molecule has 0 saturated heterocycles. The zero-order chi connectivity index (χ0) is 18.5. The summed E-state index contributed by atoms with van der Waals surface area (Å²) in [6, 6.07) is 7.54. The van der Waals surface area contributed by atoms with E-state index in [9.17, 15) is 4.79 Å². The number of nitrogens with one attached hydrogen (secondary N) is 1. The van der Waals surface area contributed by atoms with Crippen molar-refractivity contribution in [1.29, 1.82) is 0 Å². The summed E-state index contributed by atoms with van der Waals surface area (Å²) in [7, 11) is 0. The number of imidazole rings is 1. The number of aryl methyl sites for hydroxylation is 2. The molecule has 27 heavy (non-hydrogen) atoms. The number of aromatic amines is 1. The minimum atomic E-state index is -0.418. The van der Waals surface area contributed by atoms with Crippen LogP contribution in [-0.4, -0.2) is 47.1 Å². The third-order valence-corrected chi connectivity index (χ3v) is 4.87. The number of carbonyl (C=O) groups is 1. The second kappa shape index (κ2) is 5.76. The Labute approximate surface area is 154 Å². The van der Waals surface area contributed by atoms with Crippen LogP contribution in [0.25, 0.3) is 5.52 Å². The van der Waals surface area contributed by atoms with Gasteiger partial charge >= 0.3 is 11.8 Å². The van der Waals surface area contributed by atoms with E-state index in [1.165, 1.54) is 0 Å². The van der Waals surface area contributed by atoms with E-state index in [1.807, 2.05) is 35.7 Å². The van der Waals surface area contributed by atoms with Crippen molar-refractivity contribution in [2.75, 3.05) is 6.54 Å². The first kappa shape index (κ1) is 15.7. The molecule has 5 heterocycles. The first-order valence-corrected chi connectivity index (χ1v) is 8.70. The Hall–Kier alpha value is -3.49. The highest BCUT2D eigenvalue weighted by Crippen LogP contribution is 2.34. The number of hydrogen-bond donors (Lipinski definition) is 1. The van der Waals surface area contributed by atoms with Gasteiger partial charge in [-0.3, -0.25) is 4.79 Å². The van der Waals surface area contributed by atoms with E-state index < -0.39 is 6.04 Å². The van der Waals surface area contributed by atoms with Crippen LogP contribution in [-0.2, 0) is 6.42 Å². The molecule has 4 aromatic heterocycles. The van der Waals surface area contributed by atoms with E-state index in [0.29, 0.717) is 18.9 Å². The topological polar surface area (TPSA) is 105 Å². The number of H-pyrrole nitrogens is 1. The van der Waals surface area contributed by atoms with Crippen molar-refractivity contribution in [2.45, 2.75) is 26.3 Å². The minimum absolute atomic E-state index is 0.0172. The van der Waals surface area contributed by atoms with Crippen LogP contribution in [0.5, 0.6) is 0 Å². The number of rotatable bonds is 2. The Bertz CT molecular complexity index is 1160. The fourth-order valence-corrected chi connectivity index (χ4v) is 3.61. The number of carbonyl (C=O) groups excluding carboxylic acids is 1. The van der Waals surface area contributed by atoms with E-state index >= 15 is 0 Å². The number of fused-ring (bicyclic) bond motifs is 2. The highest BCUT2D eigenvalue weighted by Gasteiger charge is 2.38. The maximum absolute atomic E-state index is 13.1. The SMILES string of the molecule is Cc1nnc(C(=O)N2CCc3[nH]cnc3C2c2cc3cccc(C)n3n2)o1. The standard InChI is InChI=1S/C18H17N7O2/c1-10-4-3-5-12-8-14(23-25(10)12)16-15-13(19-9-20-15)6-7-24(16)18(26)17-22-21-11(2)27-17/h3-5,8-9,16H,6-7H2,1-2H3,(H,19,20). The lowest BCUT2D eigenvalue weighted by atomic mass is 9.99. The summed E-state index contributed by atoms with van der Waals surface area (Å²) in [5.41, 5.74) is 4.55. The highest BCUT2D eigenvalue weighted by atomic mass is 16.4. The molecule has 9 nitrogen and oxygen atoms in total. The van der Waals surface area contributed by atoms with Gasteiger partial charge in [0.1, 0.15) is 6.04 Å². The minimum Gasteiger partial charge on any atom is -0.417 e. The summed E-state index contributed by atoms with van der Waals surface area (Å²) >= 11 is 0. The molecule has 1 atom stereocenters. The molecule has 0 bridgehead atoms. The third-order valence-electron chi connectivity index (χ3n) is 4.87. The Kier molecular flexibility index (Phi) is 3.36. The van der Waals surface area contributed by atoms with Gasteiger partial charge in [0.25, 0.3) is 0 Å². The number of hydrogen-bond acceptors (Lipinski definition) is 6. The summed E-state index contributed by atoms with van der Waals surface area (Å²) in [5, 5.41) is 12.4. The average Bonchev–Trinajstić information content (AvgIpc) is 3.39. The van der Waals surface area contributed by atoms with Crippen LogP contribution in [0, 0.1) is 13.8 Å². The van der Waals surface area contributed by atoms with Crippen molar-refractivity contribution >= 4 is 11.4 Å². The van der Waals surface area contributed by atoms with E-state index in [1.54, 1.807) is 18.2 Å². The number of aromatic nitrogens is 6. The molecule has 0 spiro atoms. The van der Waals surface area contributed by atoms with Crippen molar-refractivity contribution in [3.05, 3.63) is 65.1 Å². The summed E-state index contributed by atoms with van der Waals surface area (Å²) in [6.07, 6.45) is 2.33. The lowest BCUT2D eigenvalue weighted by molar-refractivity contribution is 0.0644. The Morgan fingerprint density at radius 1 is 1.30 bits per heavy atom. The van der Waals surface area contributed by atoms with Gasteiger partial charge < -0.3 is 14.3 Å². The van der Waals surface area contributed by atoms with Crippen molar-refractivity contribution < 1.29 is 9.21 Å². The number of nitrogens with zero attached hydrogens (tertiary/aromatic N) is 6. The molecule has 0 saturated carbocycles. The van der Waals surface area contributed by atoms with Gasteiger partial charge in [0, 0.05) is 31.3 Å². The second-order valence-corrected chi connectivity index (χ2v) is 6.62. The van der Waals surface area contributed by atoms with Crippen molar-refractivity contribution in [2.24, 2.45) is 0 Å². The Morgan fingerprint density at radius 3 is 2.96 bits per heavy atom. The molecule has 1 aliphatic rings. The van der Waals surface area contributed by atoms with E-state index in [-0.39, 0.29) is 11.8 Å². The fraction of sp³-hybridized carbons (Fsp3) is 0.278. The van der Waals surface area contributed by atoms with Crippen LogP contribution in [0.1, 0.15) is 45.4 Å². The monoisotopic (exact) mass is 363 g/mol. The Morgan fingerprint density at radius 2 is 2.19 bits per heavy atom. The van der Waals surface area contributed by atoms with Gasteiger partial charge in [0.05, 0.1) is 23.2 Å². The van der Waals surface area contributed by atoms with Crippen molar-refractivity contribution in [3.8, 4) is 0 Å². The molecular weight excluding hydrogens is 346 g/mol. The average molecular weight is 363 g/mol. The molecule has 1 N–H and O–H groups in total. The smallest absolute Gasteiger partial charge is 0.312 e. The van der Waals surface area contributed by atoms with Crippen LogP contribution in [0.4, 0.5) is 0 Å². The predicted octanol–water partition coefficient (Wildman–Crippen LogP) is 1.85. The zero-order valence-corrected chi connectivity index (χ0v) is 14.9. The Balaban J connectivity index is 1.64. The number of amides is 1. The van der Waals surface area contributed by atoms with E-state index in [0.717, 1.165) is 28.3 Å². The fourth-order valence-electron chi connectivity index (χ4n) is 3.61. The highest BCUT2D eigenvalue weighted by molar-refractivity contribution is 5.90. The zero-order valence-electron chi connectivity index (χ0n) is 14.9. The molecule has 5 rings (SSSR count). The maximum Gasteiger partial charge on any atom is 0.312 e. The van der Waals surface area contributed by atoms with Gasteiger partial charge in [-0.15, -0.1) is 10.2 Å². The van der Waals surface area contributed by atoms with Crippen LogP contribution < -0.4 is 0 Å². The van der Waals surface area contributed by atoms with E-state index in [2.05, 4.69) is 20.2 Å². The molecule has 1 aliphatic heterocycles. The largest absolute Gasteiger partial charge is 0.417 e. The van der Waals surface area contributed by atoms with Crippen molar-refractivity contribution in [1.82, 2.24) is 34.7 Å². The summed E-state index contributed by atoms with van der Waals surface area (Å²) < 4.78 is 7.23. The van der Waals surface area contributed by atoms with Gasteiger partial charge in [-0.1, -0.05) is 6.07 Å². The number of pyridine rings is 1. The molecule has 0 aromatic carbocycles. The molecule has 1 unspecified atom stereocenters. The predicted molar refractivity (Wildman–Crippen MR) is 94.1 cm³/mol. The van der Waals surface area contributed by atoms with Crippen LogP contribution >= 0.6 is 0 Å². The maximum atomic E-state index is 13.1. The second-order valence-electron chi connectivity index (χ2n) is 6.62. The molecular formula is C18H17N7O2. The molecule has 1 amide bonds. The lowest BCUT2D eigenvalue weighted by Crippen LogP contribution is -2.41. The lowest BCUT2D eigenvalue weighted by Gasteiger charge is -2.32. The quantitative estimate of drug-likeness (QED) is 0.583. The van der Waals surface area contributed by atoms with Gasteiger partial charge in [-0.25, -0.2) is 9.50 Å². The molecule has 0 fully saturated rings. The normalized spacial score (nSPS) is 16.7. The molecule has 0 aliphatic carbocycles. The van der Waals surface area contributed by atoms with Gasteiger partial charge in [-0.2, -0.15) is 5.10 Å². The van der Waals surface area contributed by atoms with Crippen LogP contribution in [0.3, 0.4) is 0 Å².